The monoisotopic (exact) mass is 474 g/mol. The van der Waals surface area contributed by atoms with Gasteiger partial charge in [0.25, 0.3) is 0 Å². The molecule has 0 saturated carbocycles. The molecule has 3 rings (SSSR count). The molecule has 1 heterocycles. The molecule has 2 amide bonds. The van der Waals surface area contributed by atoms with Crippen LogP contribution in [0.25, 0.3) is 0 Å². The Morgan fingerprint density at radius 1 is 0.970 bits per heavy atom. The first kappa shape index (κ1) is 25.2. The molecule has 2 aromatic carbocycles. The van der Waals surface area contributed by atoms with Crippen LogP contribution in [0, 0.1) is 5.82 Å². The second kappa shape index (κ2) is 13.3. The fourth-order valence-corrected chi connectivity index (χ4v) is 4.17. The third-order valence-electron chi connectivity index (χ3n) is 5.97. The predicted molar refractivity (Wildman–Crippen MR) is 136 cm³/mol. The summed E-state index contributed by atoms with van der Waals surface area (Å²) in [4.78, 5) is 16.1. The van der Waals surface area contributed by atoms with Crippen molar-refractivity contribution < 1.29 is 13.9 Å². The molecule has 0 atom stereocenters. The van der Waals surface area contributed by atoms with Gasteiger partial charge < -0.3 is 15.4 Å². The summed E-state index contributed by atoms with van der Waals surface area (Å²) in [5.41, 5.74) is 6.95. The first-order valence-corrected chi connectivity index (χ1v) is 12.2. The smallest absolute Gasteiger partial charge is 0.329 e. The summed E-state index contributed by atoms with van der Waals surface area (Å²) in [6, 6.07) is 13.4. The maximum atomic E-state index is 13.1. The number of benzene rings is 2. The maximum absolute atomic E-state index is 13.1. The number of ether oxygens (including phenoxy) is 1. The van der Waals surface area contributed by atoms with Gasteiger partial charge in [0.2, 0.25) is 0 Å². The first-order chi connectivity index (χ1) is 16.0. The second-order valence-electron chi connectivity index (χ2n) is 8.42. The van der Waals surface area contributed by atoms with E-state index >= 15 is 0 Å². The van der Waals surface area contributed by atoms with Gasteiger partial charge in [0.15, 0.2) is 0 Å². The second-order valence-corrected chi connectivity index (χ2v) is 8.82. The van der Waals surface area contributed by atoms with Crippen molar-refractivity contribution in [2.75, 3.05) is 48.5 Å². The molecule has 180 valence electrons. The van der Waals surface area contributed by atoms with Crippen molar-refractivity contribution in [1.29, 1.82) is 0 Å². The van der Waals surface area contributed by atoms with Gasteiger partial charge in [0, 0.05) is 37.9 Å². The van der Waals surface area contributed by atoms with E-state index < -0.39 is 6.03 Å². The number of primary amides is 1. The summed E-state index contributed by atoms with van der Waals surface area (Å²) in [7, 11) is 0. The molecule has 33 heavy (non-hydrogen) atoms. The van der Waals surface area contributed by atoms with E-state index in [1.807, 2.05) is 24.3 Å². The fraction of sp³-hybridized carbons (Fsp3) is 0.480. The number of anilines is 2. The standard InChI is InChI=1S/C25H35FN4O2S/c26-21-10-12-22(13-11-21)29-17-15-28(16-18-29)14-5-3-1-2-4-6-19-32-24-9-7-8-23(20-24)30(33)25(27)31/h7-13,20,33H,1-6,14-19H2,(H2,27,31). The van der Waals surface area contributed by atoms with Crippen molar-refractivity contribution in [1.82, 2.24) is 4.90 Å². The molecule has 0 aliphatic carbocycles. The summed E-state index contributed by atoms with van der Waals surface area (Å²) in [5, 5.41) is 0. The Labute approximate surface area is 202 Å². The molecule has 1 aliphatic heterocycles. The Morgan fingerprint density at radius 2 is 1.64 bits per heavy atom. The number of hydrogen-bond donors (Lipinski definition) is 2. The van der Waals surface area contributed by atoms with E-state index in [9.17, 15) is 9.18 Å². The van der Waals surface area contributed by atoms with Crippen LogP contribution in [0.1, 0.15) is 38.5 Å². The van der Waals surface area contributed by atoms with Crippen LogP contribution in [0.15, 0.2) is 48.5 Å². The third kappa shape index (κ3) is 8.44. The van der Waals surface area contributed by atoms with E-state index in [2.05, 4.69) is 22.6 Å². The van der Waals surface area contributed by atoms with E-state index in [4.69, 9.17) is 10.5 Å². The van der Waals surface area contributed by atoms with Gasteiger partial charge in [-0.05, 0) is 55.8 Å². The average molecular weight is 475 g/mol. The van der Waals surface area contributed by atoms with Crippen LogP contribution in [0.2, 0.25) is 0 Å². The highest BCUT2D eigenvalue weighted by Crippen LogP contribution is 2.23. The van der Waals surface area contributed by atoms with Crippen molar-refractivity contribution in [3.63, 3.8) is 0 Å². The van der Waals surface area contributed by atoms with Crippen LogP contribution in [0.4, 0.5) is 20.6 Å². The number of urea groups is 1. The minimum Gasteiger partial charge on any atom is -0.494 e. The number of nitrogens with zero attached hydrogens (tertiary/aromatic N) is 3. The van der Waals surface area contributed by atoms with Gasteiger partial charge in [-0.3, -0.25) is 4.90 Å². The molecule has 0 bridgehead atoms. The number of carbonyl (C=O) groups is 1. The van der Waals surface area contributed by atoms with Crippen LogP contribution in [-0.4, -0.2) is 50.3 Å². The molecular formula is C25H35FN4O2S. The van der Waals surface area contributed by atoms with E-state index in [1.165, 1.54) is 37.8 Å². The summed E-state index contributed by atoms with van der Waals surface area (Å²) < 4.78 is 20.0. The molecular weight excluding hydrogens is 439 g/mol. The summed E-state index contributed by atoms with van der Waals surface area (Å²) in [5.74, 6) is 0.536. The highest BCUT2D eigenvalue weighted by atomic mass is 32.1. The lowest BCUT2D eigenvalue weighted by Gasteiger charge is -2.36. The van der Waals surface area contributed by atoms with Gasteiger partial charge in [-0.2, -0.15) is 0 Å². The zero-order valence-electron chi connectivity index (χ0n) is 19.2. The lowest BCUT2D eigenvalue weighted by molar-refractivity contribution is 0.251. The number of carbonyl (C=O) groups excluding carboxylic acids is 1. The molecule has 1 fully saturated rings. The highest BCUT2D eigenvalue weighted by molar-refractivity contribution is 7.82. The van der Waals surface area contributed by atoms with Crippen molar-refractivity contribution in [2.24, 2.45) is 5.73 Å². The Balaban J connectivity index is 1.19. The lowest BCUT2D eigenvalue weighted by atomic mass is 10.1. The van der Waals surface area contributed by atoms with Gasteiger partial charge in [-0.15, -0.1) is 0 Å². The van der Waals surface area contributed by atoms with Crippen molar-refractivity contribution in [3.05, 3.63) is 54.3 Å². The fourth-order valence-electron chi connectivity index (χ4n) is 4.05. The number of thiol groups is 1. The first-order valence-electron chi connectivity index (χ1n) is 11.8. The molecule has 0 unspecified atom stereocenters. The van der Waals surface area contributed by atoms with Crippen LogP contribution in [0.3, 0.4) is 0 Å². The molecule has 6 nitrogen and oxygen atoms in total. The van der Waals surface area contributed by atoms with Gasteiger partial charge in [0.1, 0.15) is 11.6 Å². The van der Waals surface area contributed by atoms with E-state index in [-0.39, 0.29) is 5.82 Å². The minimum absolute atomic E-state index is 0.179. The Hall–Kier alpha value is -2.45. The van der Waals surface area contributed by atoms with Crippen LogP contribution >= 0.6 is 12.8 Å². The number of nitrogens with two attached hydrogens (primary N) is 1. The number of piperazine rings is 1. The SMILES string of the molecule is NC(=O)N(S)c1cccc(OCCCCCCCCN2CCN(c3ccc(F)cc3)CC2)c1. The summed E-state index contributed by atoms with van der Waals surface area (Å²) >= 11 is 4.07. The Morgan fingerprint density at radius 3 is 2.33 bits per heavy atom. The van der Waals surface area contributed by atoms with Gasteiger partial charge in [-0.25, -0.2) is 13.5 Å². The number of rotatable bonds is 12. The molecule has 0 spiro atoms. The topological polar surface area (TPSA) is 62.0 Å². The lowest BCUT2D eigenvalue weighted by Crippen LogP contribution is -2.46. The minimum atomic E-state index is -0.622. The molecule has 2 aromatic rings. The van der Waals surface area contributed by atoms with E-state index in [0.29, 0.717) is 18.0 Å². The zero-order chi connectivity index (χ0) is 23.5. The molecule has 2 N–H and O–H groups in total. The summed E-state index contributed by atoms with van der Waals surface area (Å²) in [6.07, 6.45) is 7.12. The quantitative estimate of drug-likeness (QED) is 0.332. The van der Waals surface area contributed by atoms with Crippen LogP contribution in [-0.2, 0) is 0 Å². The predicted octanol–water partition coefficient (Wildman–Crippen LogP) is 5.10. The summed E-state index contributed by atoms with van der Waals surface area (Å²) in [6.45, 7) is 5.96. The van der Waals surface area contributed by atoms with Crippen molar-refractivity contribution in [3.8, 4) is 5.75 Å². The molecule has 0 aromatic heterocycles. The molecule has 0 radical (unpaired) electrons. The highest BCUT2D eigenvalue weighted by Gasteiger charge is 2.16. The van der Waals surface area contributed by atoms with Crippen molar-refractivity contribution >= 4 is 30.2 Å². The number of hydrogen-bond acceptors (Lipinski definition) is 5. The van der Waals surface area contributed by atoms with E-state index in [1.54, 1.807) is 12.1 Å². The third-order valence-corrected chi connectivity index (χ3v) is 6.40. The number of unbranched alkanes of at least 4 members (excludes halogenated alkanes) is 5. The van der Waals surface area contributed by atoms with E-state index in [0.717, 1.165) is 55.6 Å². The Kier molecular flexibility index (Phi) is 10.2. The normalized spacial score (nSPS) is 14.3. The van der Waals surface area contributed by atoms with Gasteiger partial charge in [-0.1, -0.05) is 44.6 Å². The zero-order valence-corrected chi connectivity index (χ0v) is 20.1. The number of halogens is 1. The van der Waals surface area contributed by atoms with Crippen LogP contribution in [0.5, 0.6) is 5.75 Å². The van der Waals surface area contributed by atoms with Gasteiger partial charge in [0.05, 0.1) is 12.3 Å². The van der Waals surface area contributed by atoms with Crippen LogP contribution < -0.4 is 19.7 Å². The van der Waals surface area contributed by atoms with Gasteiger partial charge >= 0.3 is 6.03 Å². The van der Waals surface area contributed by atoms with Crippen molar-refractivity contribution in [2.45, 2.75) is 38.5 Å². The maximum Gasteiger partial charge on any atom is 0.329 e. The average Bonchev–Trinajstić information content (AvgIpc) is 2.83. The molecule has 1 saturated heterocycles. The molecule has 1 aliphatic rings. The number of amides is 2. The molecule has 8 heteroatoms. The Bertz CT molecular complexity index is 860. The largest absolute Gasteiger partial charge is 0.494 e.